The number of hydrogen-bond donors (Lipinski definition) is 1. The second-order valence-electron chi connectivity index (χ2n) is 7.65. The number of hydrogen-bond acceptors (Lipinski definition) is 3. The number of halogens is 2. The van der Waals surface area contributed by atoms with Gasteiger partial charge in [-0.1, -0.05) is 24.3 Å². The molecular weight excluding hydrogens is 434 g/mol. The number of carbonyl (C=O) groups is 1. The Bertz CT molecular complexity index is 1210. The van der Waals surface area contributed by atoms with Crippen LogP contribution in [0.5, 0.6) is 0 Å². The quantitative estimate of drug-likeness (QED) is 0.600. The van der Waals surface area contributed by atoms with Gasteiger partial charge in [-0.15, -0.1) is 0 Å². The van der Waals surface area contributed by atoms with E-state index in [9.17, 15) is 22.0 Å². The summed E-state index contributed by atoms with van der Waals surface area (Å²) in [5.41, 5.74) is 2.33. The molecule has 1 unspecified atom stereocenters. The molecule has 0 saturated heterocycles. The zero-order valence-corrected chi connectivity index (χ0v) is 18.0. The van der Waals surface area contributed by atoms with Crippen molar-refractivity contribution in [3.63, 3.8) is 0 Å². The lowest BCUT2D eigenvalue weighted by molar-refractivity contribution is -0.120. The van der Waals surface area contributed by atoms with Gasteiger partial charge in [0, 0.05) is 0 Å². The van der Waals surface area contributed by atoms with E-state index in [2.05, 4.69) is 5.32 Å². The van der Waals surface area contributed by atoms with Gasteiger partial charge in [0.25, 0.3) is 10.0 Å². The summed E-state index contributed by atoms with van der Waals surface area (Å²) in [6.45, 7) is -0.496. The van der Waals surface area contributed by atoms with Crippen molar-refractivity contribution in [1.82, 2.24) is 5.32 Å². The van der Waals surface area contributed by atoms with Crippen molar-refractivity contribution in [3.8, 4) is 0 Å². The lowest BCUT2D eigenvalue weighted by Gasteiger charge is -2.28. The van der Waals surface area contributed by atoms with Crippen LogP contribution in [-0.4, -0.2) is 20.9 Å². The number of aryl methyl sites for hydroxylation is 1. The average Bonchev–Trinajstić information content (AvgIpc) is 2.79. The normalized spacial score (nSPS) is 15.6. The van der Waals surface area contributed by atoms with Crippen molar-refractivity contribution in [2.75, 3.05) is 10.8 Å². The van der Waals surface area contributed by atoms with E-state index in [-0.39, 0.29) is 16.6 Å². The molecule has 1 aliphatic rings. The highest BCUT2D eigenvalue weighted by molar-refractivity contribution is 7.92. The molecule has 0 spiro atoms. The SMILES string of the molecule is O=C(CN(c1ccc(F)cc1)S(=O)(=O)c1ccc(F)cc1)NC1CCCc2ccccc21. The standard InChI is InChI=1S/C24H22F2N2O3S/c25-18-8-12-20(13-9-18)28(32(30,31)21-14-10-19(26)11-15-21)16-24(29)27-23-7-3-5-17-4-1-2-6-22(17)23/h1-2,4,6,8-15,23H,3,5,7,16H2,(H,27,29). The van der Waals surface area contributed by atoms with E-state index >= 15 is 0 Å². The first-order valence-corrected chi connectivity index (χ1v) is 11.7. The van der Waals surface area contributed by atoms with Crippen molar-refractivity contribution in [2.45, 2.75) is 30.2 Å². The first-order chi connectivity index (χ1) is 15.3. The first-order valence-electron chi connectivity index (χ1n) is 10.3. The van der Waals surface area contributed by atoms with Crippen LogP contribution >= 0.6 is 0 Å². The first kappa shape index (κ1) is 22.0. The fourth-order valence-electron chi connectivity index (χ4n) is 3.93. The van der Waals surface area contributed by atoms with Crippen LogP contribution in [0.2, 0.25) is 0 Å². The lowest BCUT2D eigenvalue weighted by atomic mass is 9.88. The van der Waals surface area contributed by atoms with Gasteiger partial charge in [-0.25, -0.2) is 17.2 Å². The average molecular weight is 457 g/mol. The van der Waals surface area contributed by atoms with E-state index < -0.39 is 34.1 Å². The highest BCUT2D eigenvalue weighted by atomic mass is 32.2. The zero-order valence-electron chi connectivity index (χ0n) is 17.2. The van der Waals surface area contributed by atoms with Crippen molar-refractivity contribution < 1.29 is 22.0 Å². The molecule has 1 N–H and O–H groups in total. The smallest absolute Gasteiger partial charge is 0.264 e. The fraction of sp³-hybridized carbons (Fsp3) is 0.208. The monoisotopic (exact) mass is 456 g/mol. The van der Waals surface area contributed by atoms with Crippen LogP contribution in [0.3, 0.4) is 0 Å². The molecule has 0 aliphatic heterocycles. The Balaban J connectivity index is 1.62. The summed E-state index contributed by atoms with van der Waals surface area (Å²) in [7, 11) is -4.20. The molecule has 166 valence electrons. The molecule has 0 bridgehead atoms. The van der Waals surface area contributed by atoms with Crippen LogP contribution < -0.4 is 9.62 Å². The van der Waals surface area contributed by atoms with Gasteiger partial charge in [0.05, 0.1) is 16.6 Å². The molecule has 4 rings (SSSR count). The molecule has 0 aromatic heterocycles. The Morgan fingerprint density at radius 1 is 0.938 bits per heavy atom. The molecule has 3 aromatic rings. The van der Waals surface area contributed by atoms with Crippen LogP contribution in [0.25, 0.3) is 0 Å². The summed E-state index contributed by atoms with van der Waals surface area (Å²) in [6.07, 6.45) is 2.60. The van der Waals surface area contributed by atoms with E-state index in [1.807, 2.05) is 24.3 Å². The number of benzene rings is 3. The van der Waals surface area contributed by atoms with Gasteiger partial charge in [-0.05, 0) is 78.9 Å². The molecular formula is C24H22F2N2O3S. The Morgan fingerprint density at radius 3 is 2.25 bits per heavy atom. The third-order valence-electron chi connectivity index (χ3n) is 5.51. The van der Waals surface area contributed by atoms with Gasteiger partial charge >= 0.3 is 0 Å². The van der Waals surface area contributed by atoms with Gasteiger partial charge in [-0.3, -0.25) is 9.10 Å². The minimum Gasteiger partial charge on any atom is -0.348 e. The highest BCUT2D eigenvalue weighted by Gasteiger charge is 2.29. The molecule has 0 heterocycles. The number of anilines is 1. The molecule has 0 radical (unpaired) electrons. The third-order valence-corrected chi connectivity index (χ3v) is 7.30. The fourth-order valence-corrected chi connectivity index (χ4v) is 5.35. The Hall–Kier alpha value is -3.26. The van der Waals surface area contributed by atoms with Gasteiger partial charge in [0.1, 0.15) is 18.2 Å². The number of carbonyl (C=O) groups excluding carboxylic acids is 1. The van der Waals surface area contributed by atoms with Gasteiger partial charge in [-0.2, -0.15) is 0 Å². The Labute approximate surface area is 185 Å². The molecule has 0 fully saturated rings. The summed E-state index contributed by atoms with van der Waals surface area (Å²) in [5.74, 6) is -1.59. The number of sulfonamides is 1. The number of fused-ring (bicyclic) bond motifs is 1. The van der Waals surface area contributed by atoms with E-state index in [0.29, 0.717) is 0 Å². The predicted molar refractivity (Wildman–Crippen MR) is 118 cm³/mol. The van der Waals surface area contributed by atoms with E-state index in [4.69, 9.17) is 0 Å². The summed E-state index contributed by atoms with van der Waals surface area (Å²) in [6, 6.07) is 16.8. The summed E-state index contributed by atoms with van der Waals surface area (Å²) < 4.78 is 54.2. The van der Waals surface area contributed by atoms with Crippen LogP contribution in [0.4, 0.5) is 14.5 Å². The van der Waals surface area contributed by atoms with Gasteiger partial charge in [0.15, 0.2) is 0 Å². The van der Waals surface area contributed by atoms with Crippen LogP contribution in [0, 0.1) is 11.6 Å². The van der Waals surface area contributed by atoms with Crippen LogP contribution in [0.1, 0.15) is 30.0 Å². The number of nitrogens with zero attached hydrogens (tertiary/aromatic N) is 1. The number of nitrogens with one attached hydrogen (secondary N) is 1. The minimum atomic E-state index is -4.20. The van der Waals surface area contributed by atoms with Crippen LogP contribution in [-0.2, 0) is 21.2 Å². The Morgan fingerprint density at radius 2 is 1.56 bits per heavy atom. The van der Waals surface area contributed by atoms with E-state index in [1.165, 1.54) is 17.7 Å². The van der Waals surface area contributed by atoms with E-state index in [1.54, 1.807) is 0 Å². The molecule has 5 nitrogen and oxygen atoms in total. The van der Waals surface area contributed by atoms with Crippen molar-refractivity contribution in [2.24, 2.45) is 0 Å². The summed E-state index contributed by atoms with van der Waals surface area (Å²) >= 11 is 0. The van der Waals surface area contributed by atoms with Crippen molar-refractivity contribution in [3.05, 3.63) is 95.6 Å². The number of amides is 1. The molecule has 8 heteroatoms. The molecule has 0 saturated carbocycles. The maximum Gasteiger partial charge on any atom is 0.264 e. The van der Waals surface area contributed by atoms with Crippen molar-refractivity contribution >= 4 is 21.6 Å². The largest absolute Gasteiger partial charge is 0.348 e. The molecule has 1 aliphatic carbocycles. The lowest BCUT2D eigenvalue weighted by Crippen LogP contribution is -2.42. The third kappa shape index (κ3) is 4.65. The second-order valence-corrected chi connectivity index (χ2v) is 9.52. The molecule has 32 heavy (non-hydrogen) atoms. The van der Waals surface area contributed by atoms with Gasteiger partial charge < -0.3 is 5.32 Å². The maximum absolute atomic E-state index is 13.4. The summed E-state index contributed by atoms with van der Waals surface area (Å²) in [5, 5.41) is 2.94. The topological polar surface area (TPSA) is 66.5 Å². The predicted octanol–water partition coefficient (Wildman–Crippen LogP) is 4.35. The van der Waals surface area contributed by atoms with Crippen LogP contribution in [0.15, 0.2) is 77.7 Å². The minimum absolute atomic E-state index is 0.134. The summed E-state index contributed by atoms with van der Waals surface area (Å²) in [4.78, 5) is 12.8. The van der Waals surface area contributed by atoms with Crippen molar-refractivity contribution in [1.29, 1.82) is 0 Å². The maximum atomic E-state index is 13.4. The molecule has 1 amide bonds. The molecule has 1 atom stereocenters. The molecule has 3 aromatic carbocycles. The highest BCUT2D eigenvalue weighted by Crippen LogP contribution is 2.30. The van der Waals surface area contributed by atoms with E-state index in [0.717, 1.165) is 65.5 Å². The number of rotatable bonds is 6. The van der Waals surface area contributed by atoms with Gasteiger partial charge in [0.2, 0.25) is 5.91 Å². The second kappa shape index (κ2) is 9.08. The Kier molecular flexibility index (Phi) is 6.23. The zero-order chi connectivity index (χ0) is 22.7.